The minimum atomic E-state index is -0.606. The molecular weight excluding hydrogens is 306 g/mol. The molecule has 5 heteroatoms. The first-order chi connectivity index (χ1) is 11.2. The van der Waals surface area contributed by atoms with Gasteiger partial charge in [0.05, 0.1) is 17.8 Å². The van der Waals surface area contributed by atoms with Crippen molar-refractivity contribution in [1.29, 1.82) is 0 Å². The van der Waals surface area contributed by atoms with Gasteiger partial charge in [0, 0.05) is 18.4 Å². The molecule has 1 fully saturated rings. The predicted molar refractivity (Wildman–Crippen MR) is 93.7 cm³/mol. The summed E-state index contributed by atoms with van der Waals surface area (Å²) in [6.07, 6.45) is 3.39. The van der Waals surface area contributed by atoms with Crippen LogP contribution in [-0.4, -0.2) is 37.2 Å². The van der Waals surface area contributed by atoms with Gasteiger partial charge in [0.2, 0.25) is 0 Å². The first-order valence-electron chi connectivity index (χ1n) is 7.88. The molecule has 4 nitrogen and oxygen atoms in total. The predicted octanol–water partition coefficient (Wildman–Crippen LogP) is 2.89. The molecule has 0 bridgehead atoms. The molecule has 1 unspecified atom stereocenters. The number of hydrogen-bond donors (Lipinski definition) is 1. The summed E-state index contributed by atoms with van der Waals surface area (Å²) in [4.78, 5) is 0. The van der Waals surface area contributed by atoms with Crippen molar-refractivity contribution in [3.8, 4) is 0 Å². The summed E-state index contributed by atoms with van der Waals surface area (Å²) in [6, 6.07) is 14.7. The average molecular weight is 325 g/mol. The Balaban J connectivity index is 1.55. The summed E-state index contributed by atoms with van der Waals surface area (Å²) in [6.45, 7) is 0.696. The SMILES string of the molecule is OC1(Cc2cn(Cc3cccc4ccccc34)nn2)CCSC1. The summed E-state index contributed by atoms with van der Waals surface area (Å²) in [5.74, 6) is 1.82. The lowest BCUT2D eigenvalue weighted by Gasteiger charge is -2.18. The fourth-order valence-corrected chi connectivity index (χ4v) is 4.47. The molecular formula is C18H19N3OS. The van der Waals surface area contributed by atoms with Gasteiger partial charge in [-0.25, -0.2) is 4.68 Å². The third-order valence-corrected chi connectivity index (χ3v) is 5.63. The van der Waals surface area contributed by atoms with Crippen LogP contribution in [0, 0.1) is 0 Å². The van der Waals surface area contributed by atoms with Gasteiger partial charge < -0.3 is 5.11 Å². The molecule has 118 valence electrons. The van der Waals surface area contributed by atoms with E-state index in [1.54, 1.807) is 11.8 Å². The minimum Gasteiger partial charge on any atom is -0.389 e. The first-order valence-corrected chi connectivity index (χ1v) is 9.03. The molecule has 0 saturated carbocycles. The van der Waals surface area contributed by atoms with Crippen LogP contribution < -0.4 is 0 Å². The summed E-state index contributed by atoms with van der Waals surface area (Å²) in [5, 5.41) is 21.5. The molecule has 1 atom stereocenters. The molecule has 4 rings (SSSR count). The van der Waals surface area contributed by atoms with E-state index < -0.39 is 5.60 Å². The van der Waals surface area contributed by atoms with Crippen LogP contribution in [0.3, 0.4) is 0 Å². The fraction of sp³-hybridized carbons (Fsp3) is 0.333. The van der Waals surface area contributed by atoms with Crippen molar-refractivity contribution >= 4 is 22.5 Å². The number of aromatic nitrogens is 3. The Morgan fingerprint density at radius 1 is 1.17 bits per heavy atom. The van der Waals surface area contributed by atoms with Gasteiger partial charge in [-0.05, 0) is 28.5 Å². The summed E-state index contributed by atoms with van der Waals surface area (Å²) < 4.78 is 1.86. The van der Waals surface area contributed by atoms with Crippen molar-refractivity contribution in [1.82, 2.24) is 15.0 Å². The van der Waals surface area contributed by atoms with Crippen LogP contribution in [0.1, 0.15) is 17.7 Å². The van der Waals surface area contributed by atoms with Crippen LogP contribution in [0.2, 0.25) is 0 Å². The van der Waals surface area contributed by atoms with Crippen LogP contribution in [0.25, 0.3) is 10.8 Å². The van der Waals surface area contributed by atoms with Gasteiger partial charge in [-0.2, -0.15) is 11.8 Å². The van der Waals surface area contributed by atoms with Crippen molar-refractivity contribution in [3.05, 3.63) is 59.9 Å². The lowest BCUT2D eigenvalue weighted by molar-refractivity contribution is 0.0676. The maximum absolute atomic E-state index is 10.5. The van der Waals surface area contributed by atoms with Crippen molar-refractivity contribution < 1.29 is 5.11 Å². The Kier molecular flexibility index (Phi) is 3.83. The van der Waals surface area contributed by atoms with Crippen molar-refractivity contribution in [2.75, 3.05) is 11.5 Å². The van der Waals surface area contributed by atoms with E-state index in [1.807, 2.05) is 10.9 Å². The zero-order valence-electron chi connectivity index (χ0n) is 12.9. The van der Waals surface area contributed by atoms with Crippen LogP contribution >= 0.6 is 11.8 Å². The molecule has 2 heterocycles. The number of fused-ring (bicyclic) bond motifs is 1. The van der Waals surface area contributed by atoms with Gasteiger partial charge in [0.25, 0.3) is 0 Å². The molecule has 1 saturated heterocycles. The van der Waals surface area contributed by atoms with E-state index in [4.69, 9.17) is 0 Å². The number of rotatable bonds is 4. The molecule has 3 aromatic rings. The number of hydrogen-bond acceptors (Lipinski definition) is 4. The third-order valence-electron chi connectivity index (χ3n) is 4.39. The molecule has 0 spiro atoms. The number of nitrogens with zero attached hydrogens (tertiary/aromatic N) is 3. The van der Waals surface area contributed by atoms with E-state index in [2.05, 4.69) is 52.8 Å². The highest BCUT2D eigenvalue weighted by Crippen LogP contribution is 2.30. The topological polar surface area (TPSA) is 50.9 Å². The summed E-state index contributed by atoms with van der Waals surface area (Å²) in [5.41, 5.74) is 1.50. The molecule has 1 aromatic heterocycles. The van der Waals surface area contributed by atoms with E-state index >= 15 is 0 Å². The normalized spacial score (nSPS) is 21.1. The molecule has 0 amide bonds. The Morgan fingerprint density at radius 3 is 2.91 bits per heavy atom. The lowest BCUT2D eigenvalue weighted by Crippen LogP contribution is -2.30. The maximum Gasteiger partial charge on any atom is 0.0856 e. The van der Waals surface area contributed by atoms with E-state index in [0.717, 1.165) is 23.6 Å². The third kappa shape index (κ3) is 3.12. The number of aliphatic hydroxyl groups is 1. The van der Waals surface area contributed by atoms with Gasteiger partial charge in [0.15, 0.2) is 0 Å². The van der Waals surface area contributed by atoms with Gasteiger partial charge in [0.1, 0.15) is 0 Å². The zero-order chi connectivity index (χ0) is 15.7. The largest absolute Gasteiger partial charge is 0.389 e. The van der Waals surface area contributed by atoms with E-state index in [0.29, 0.717) is 13.0 Å². The lowest BCUT2D eigenvalue weighted by atomic mass is 9.98. The van der Waals surface area contributed by atoms with Crippen molar-refractivity contribution in [2.45, 2.75) is 25.0 Å². The van der Waals surface area contributed by atoms with Gasteiger partial charge >= 0.3 is 0 Å². The maximum atomic E-state index is 10.5. The van der Waals surface area contributed by atoms with Crippen molar-refractivity contribution in [2.24, 2.45) is 0 Å². The Labute approximate surface area is 139 Å². The number of thioether (sulfide) groups is 1. The zero-order valence-corrected chi connectivity index (χ0v) is 13.7. The second-order valence-electron chi connectivity index (χ2n) is 6.25. The van der Waals surface area contributed by atoms with Crippen LogP contribution in [0.5, 0.6) is 0 Å². The molecule has 0 radical (unpaired) electrons. The molecule has 23 heavy (non-hydrogen) atoms. The van der Waals surface area contributed by atoms with Gasteiger partial charge in [-0.3, -0.25) is 0 Å². The van der Waals surface area contributed by atoms with E-state index in [1.165, 1.54) is 16.3 Å². The average Bonchev–Trinajstić information content (AvgIpc) is 3.17. The fourth-order valence-electron chi connectivity index (χ4n) is 3.17. The van der Waals surface area contributed by atoms with Gasteiger partial charge in [-0.1, -0.05) is 47.7 Å². The molecule has 1 N–H and O–H groups in total. The molecule has 1 aliphatic heterocycles. The summed E-state index contributed by atoms with van der Waals surface area (Å²) in [7, 11) is 0. The monoisotopic (exact) mass is 325 g/mol. The Hall–Kier alpha value is -1.85. The second kappa shape index (κ2) is 5.98. The van der Waals surface area contributed by atoms with E-state index in [-0.39, 0.29) is 0 Å². The Bertz CT molecular complexity index is 819. The van der Waals surface area contributed by atoms with Crippen LogP contribution in [-0.2, 0) is 13.0 Å². The number of benzene rings is 2. The van der Waals surface area contributed by atoms with Crippen LogP contribution in [0.15, 0.2) is 48.7 Å². The highest BCUT2D eigenvalue weighted by atomic mass is 32.2. The quantitative estimate of drug-likeness (QED) is 0.801. The standard InChI is InChI=1S/C18H19N3OS/c22-18(8-9-23-13-18)10-16-12-21(20-19-16)11-15-6-3-5-14-4-1-2-7-17(14)15/h1-7,12,22H,8-11,13H2. The molecule has 1 aliphatic rings. The van der Waals surface area contributed by atoms with Crippen LogP contribution in [0.4, 0.5) is 0 Å². The molecule has 0 aliphatic carbocycles. The first kappa shape index (κ1) is 14.7. The Morgan fingerprint density at radius 2 is 2.04 bits per heavy atom. The smallest absolute Gasteiger partial charge is 0.0856 e. The van der Waals surface area contributed by atoms with E-state index in [9.17, 15) is 5.11 Å². The second-order valence-corrected chi connectivity index (χ2v) is 7.35. The van der Waals surface area contributed by atoms with Gasteiger partial charge in [-0.15, -0.1) is 5.10 Å². The minimum absolute atomic E-state index is 0.593. The highest BCUT2D eigenvalue weighted by molar-refractivity contribution is 7.99. The highest BCUT2D eigenvalue weighted by Gasteiger charge is 2.32. The van der Waals surface area contributed by atoms with Crippen molar-refractivity contribution in [3.63, 3.8) is 0 Å². The molecule has 2 aromatic carbocycles. The summed E-state index contributed by atoms with van der Waals surface area (Å²) >= 11 is 1.81.